The van der Waals surface area contributed by atoms with Gasteiger partial charge >= 0.3 is 6.09 Å². The number of hydrogen-bond donors (Lipinski definition) is 1. The molecule has 2 rings (SSSR count). The van der Waals surface area contributed by atoms with Crippen molar-refractivity contribution < 1.29 is 18.7 Å². The van der Waals surface area contributed by atoms with Crippen LogP contribution in [0.25, 0.3) is 0 Å². The predicted octanol–water partition coefficient (Wildman–Crippen LogP) is 3.98. The van der Waals surface area contributed by atoms with E-state index < -0.39 is 23.4 Å². The van der Waals surface area contributed by atoms with Gasteiger partial charge in [0.15, 0.2) is 0 Å². The fourth-order valence-corrected chi connectivity index (χ4v) is 2.89. The minimum Gasteiger partial charge on any atom is -0.444 e. The summed E-state index contributed by atoms with van der Waals surface area (Å²) in [7, 11) is 0. The molecule has 1 unspecified atom stereocenters. The van der Waals surface area contributed by atoms with Crippen LogP contribution in [0.5, 0.6) is 0 Å². The zero-order valence-corrected chi connectivity index (χ0v) is 16.0. The van der Waals surface area contributed by atoms with Crippen LogP contribution in [0.15, 0.2) is 16.6 Å². The Morgan fingerprint density at radius 3 is 2.71 bits per heavy atom. The molecule has 0 saturated carbocycles. The largest absolute Gasteiger partial charge is 0.444 e. The van der Waals surface area contributed by atoms with E-state index in [0.29, 0.717) is 24.0 Å². The number of likely N-dealkylation sites (tertiary alicyclic amines) is 1. The first kappa shape index (κ1) is 19.0. The van der Waals surface area contributed by atoms with Crippen molar-refractivity contribution in [3.05, 3.63) is 33.0 Å². The van der Waals surface area contributed by atoms with E-state index in [4.69, 9.17) is 16.3 Å². The van der Waals surface area contributed by atoms with Crippen LogP contribution in [-0.2, 0) is 4.74 Å². The van der Waals surface area contributed by atoms with Gasteiger partial charge in [-0.1, -0.05) is 11.6 Å². The molecule has 1 N–H and O–H groups in total. The van der Waals surface area contributed by atoms with Crippen LogP contribution < -0.4 is 5.32 Å². The highest BCUT2D eigenvalue weighted by Gasteiger charge is 2.30. The Balaban J connectivity index is 1.99. The third-order valence-corrected chi connectivity index (χ3v) is 4.63. The van der Waals surface area contributed by atoms with Crippen molar-refractivity contribution in [2.75, 3.05) is 13.1 Å². The highest BCUT2D eigenvalue weighted by atomic mass is 79.9. The summed E-state index contributed by atoms with van der Waals surface area (Å²) < 4.78 is 19.6. The normalized spacial score (nSPS) is 17.8. The molecule has 0 radical (unpaired) electrons. The van der Waals surface area contributed by atoms with E-state index in [-0.39, 0.29) is 16.6 Å². The van der Waals surface area contributed by atoms with Gasteiger partial charge in [-0.25, -0.2) is 9.18 Å². The summed E-state index contributed by atoms with van der Waals surface area (Å²) in [5.74, 6) is -1.10. The van der Waals surface area contributed by atoms with Crippen LogP contribution in [0.1, 0.15) is 37.6 Å². The van der Waals surface area contributed by atoms with Crippen molar-refractivity contribution >= 4 is 39.5 Å². The zero-order valence-electron chi connectivity index (χ0n) is 13.7. The average molecular weight is 422 g/mol. The van der Waals surface area contributed by atoms with E-state index >= 15 is 0 Å². The monoisotopic (exact) mass is 420 g/mol. The van der Waals surface area contributed by atoms with E-state index in [1.54, 1.807) is 20.8 Å². The molecule has 1 aromatic carbocycles. The van der Waals surface area contributed by atoms with Crippen molar-refractivity contribution in [1.29, 1.82) is 0 Å². The van der Waals surface area contributed by atoms with Crippen molar-refractivity contribution in [2.45, 2.75) is 38.8 Å². The molecule has 0 aliphatic carbocycles. The second kappa shape index (κ2) is 7.27. The van der Waals surface area contributed by atoms with Crippen LogP contribution >= 0.6 is 27.5 Å². The van der Waals surface area contributed by atoms with Gasteiger partial charge in [-0.15, -0.1) is 0 Å². The molecular weight excluding hydrogens is 403 g/mol. The first-order valence-corrected chi connectivity index (χ1v) is 8.67. The first-order chi connectivity index (χ1) is 11.1. The van der Waals surface area contributed by atoms with Crippen LogP contribution in [0, 0.1) is 5.82 Å². The Morgan fingerprint density at radius 2 is 2.08 bits per heavy atom. The van der Waals surface area contributed by atoms with Gasteiger partial charge in [0.05, 0.1) is 16.6 Å². The maximum absolute atomic E-state index is 14.0. The van der Waals surface area contributed by atoms with Gasteiger partial charge in [0.1, 0.15) is 11.4 Å². The maximum Gasteiger partial charge on any atom is 0.407 e. The molecule has 8 heteroatoms. The lowest BCUT2D eigenvalue weighted by Crippen LogP contribution is -2.41. The maximum atomic E-state index is 14.0. The number of carbonyl (C=O) groups is 2. The van der Waals surface area contributed by atoms with Crippen LogP contribution in [0.2, 0.25) is 5.02 Å². The summed E-state index contributed by atoms with van der Waals surface area (Å²) in [5.41, 5.74) is -0.638. The van der Waals surface area contributed by atoms with Crippen LogP contribution in [0.3, 0.4) is 0 Å². The predicted molar refractivity (Wildman–Crippen MR) is 92.8 cm³/mol. The molecule has 132 valence electrons. The van der Waals surface area contributed by atoms with E-state index in [2.05, 4.69) is 21.2 Å². The number of nitrogens with zero attached hydrogens (tertiary/aromatic N) is 1. The van der Waals surface area contributed by atoms with Crippen LogP contribution in [0.4, 0.5) is 9.18 Å². The summed E-state index contributed by atoms with van der Waals surface area (Å²) in [6.45, 7) is 6.06. The van der Waals surface area contributed by atoms with Gasteiger partial charge in [-0.3, -0.25) is 4.79 Å². The van der Waals surface area contributed by atoms with E-state index in [1.165, 1.54) is 11.0 Å². The van der Waals surface area contributed by atoms with Gasteiger partial charge in [-0.2, -0.15) is 0 Å². The number of hydrogen-bond acceptors (Lipinski definition) is 3. The van der Waals surface area contributed by atoms with E-state index in [1.807, 2.05) is 0 Å². The highest BCUT2D eigenvalue weighted by molar-refractivity contribution is 9.10. The number of rotatable bonds is 2. The molecular formula is C16H19BrClFN2O3. The number of amides is 2. The lowest BCUT2D eigenvalue weighted by Gasteiger charge is -2.22. The molecule has 24 heavy (non-hydrogen) atoms. The van der Waals surface area contributed by atoms with Crippen molar-refractivity contribution in [3.63, 3.8) is 0 Å². The summed E-state index contributed by atoms with van der Waals surface area (Å²) >= 11 is 9.00. The molecule has 1 heterocycles. The standard InChI is InChI=1S/C16H19BrClFN2O3/c1-16(2,3)24-15(23)20-9-4-5-21(8-9)14(22)10-6-11(17)12(18)7-13(10)19/h6-7,9H,4-5,8H2,1-3H3,(H,20,23). The summed E-state index contributed by atoms with van der Waals surface area (Å²) in [5, 5.41) is 2.93. The van der Waals surface area contributed by atoms with Gasteiger partial charge in [-0.05, 0) is 55.3 Å². The Bertz CT molecular complexity index is 663. The number of ether oxygens (including phenoxy) is 1. The molecule has 1 aliphatic rings. The molecule has 0 aromatic heterocycles. The highest BCUT2D eigenvalue weighted by Crippen LogP contribution is 2.27. The minimum atomic E-state index is -0.670. The van der Waals surface area contributed by atoms with Crippen molar-refractivity contribution in [1.82, 2.24) is 10.2 Å². The first-order valence-electron chi connectivity index (χ1n) is 7.50. The zero-order chi connectivity index (χ0) is 18.1. The van der Waals surface area contributed by atoms with Gasteiger partial charge in [0.2, 0.25) is 0 Å². The number of alkyl carbamates (subject to hydrolysis) is 1. The summed E-state index contributed by atoms with van der Waals surface area (Å²) in [6.07, 6.45) is 0.0590. The second-order valence-electron chi connectivity index (χ2n) is 6.63. The second-order valence-corrected chi connectivity index (χ2v) is 7.89. The summed E-state index contributed by atoms with van der Waals surface area (Å²) in [6, 6.07) is 2.25. The van der Waals surface area contributed by atoms with Gasteiger partial charge < -0.3 is 15.0 Å². The number of nitrogens with one attached hydrogen (secondary N) is 1. The number of benzene rings is 1. The Labute approximate surface area is 153 Å². The van der Waals surface area contributed by atoms with Crippen LogP contribution in [-0.4, -0.2) is 41.6 Å². The SMILES string of the molecule is CC(C)(C)OC(=O)NC1CCN(C(=O)c2cc(Br)c(Cl)cc2F)C1. The molecule has 0 bridgehead atoms. The molecule has 1 atom stereocenters. The van der Waals surface area contributed by atoms with Crippen molar-refractivity contribution in [2.24, 2.45) is 0 Å². The third-order valence-electron chi connectivity index (χ3n) is 3.44. The average Bonchev–Trinajstić information content (AvgIpc) is 2.88. The minimum absolute atomic E-state index is 0.0517. The van der Waals surface area contributed by atoms with Gasteiger partial charge in [0.25, 0.3) is 5.91 Å². The van der Waals surface area contributed by atoms with Gasteiger partial charge in [0, 0.05) is 17.6 Å². The molecule has 2 amide bonds. The fraction of sp³-hybridized carbons (Fsp3) is 0.500. The van der Waals surface area contributed by atoms with E-state index in [9.17, 15) is 14.0 Å². The molecule has 1 aromatic rings. The molecule has 1 saturated heterocycles. The van der Waals surface area contributed by atoms with Crippen molar-refractivity contribution in [3.8, 4) is 0 Å². The topological polar surface area (TPSA) is 58.6 Å². The molecule has 5 nitrogen and oxygen atoms in total. The molecule has 0 spiro atoms. The van der Waals surface area contributed by atoms with E-state index in [0.717, 1.165) is 6.07 Å². The lowest BCUT2D eigenvalue weighted by atomic mass is 10.2. The number of halogens is 3. The smallest absolute Gasteiger partial charge is 0.407 e. The molecule has 1 fully saturated rings. The molecule has 1 aliphatic heterocycles. The number of carbonyl (C=O) groups excluding carboxylic acids is 2. The lowest BCUT2D eigenvalue weighted by molar-refractivity contribution is 0.0502. The Kier molecular flexibility index (Phi) is 5.75. The fourth-order valence-electron chi connectivity index (χ4n) is 2.39. The third kappa shape index (κ3) is 4.83. The Hall–Kier alpha value is -1.34. The Morgan fingerprint density at radius 1 is 1.42 bits per heavy atom. The quantitative estimate of drug-likeness (QED) is 0.735. The summed E-state index contributed by atoms with van der Waals surface area (Å²) in [4.78, 5) is 25.8.